The van der Waals surface area contributed by atoms with Gasteiger partial charge in [-0.25, -0.2) is 15.0 Å². The van der Waals surface area contributed by atoms with Gasteiger partial charge in [-0.15, -0.1) is 0 Å². The fraction of sp³-hybridized carbons (Fsp3) is 0. The lowest BCUT2D eigenvalue weighted by Gasteiger charge is -2.03. The molecule has 0 unspecified atom stereocenters. The number of carboxylic acid groups (broad SMARTS) is 1. The molecule has 0 radical (unpaired) electrons. The number of rotatable bonds is 4. The standard InChI is InChI=1S/C15H13N3O3/c19-14(20)13-9-5-4-6-11(13)10-16-18-15(21)17-12-7-2-1-3-8-12/h1-10H,(H,19,20)(H2,17,18,21)/b16-10+. The zero-order valence-corrected chi connectivity index (χ0v) is 11.0. The Labute approximate surface area is 121 Å². The van der Waals surface area contributed by atoms with E-state index in [2.05, 4.69) is 15.8 Å². The van der Waals surface area contributed by atoms with Crippen molar-refractivity contribution in [3.05, 3.63) is 65.7 Å². The smallest absolute Gasteiger partial charge is 0.339 e. The highest BCUT2D eigenvalue weighted by Crippen LogP contribution is 2.06. The van der Waals surface area contributed by atoms with Gasteiger partial charge in [-0.2, -0.15) is 5.10 Å². The van der Waals surface area contributed by atoms with E-state index in [0.29, 0.717) is 11.3 Å². The molecule has 0 aliphatic carbocycles. The van der Waals surface area contributed by atoms with Crippen LogP contribution in [-0.2, 0) is 0 Å². The van der Waals surface area contributed by atoms with Gasteiger partial charge in [0.25, 0.3) is 0 Å². The van der Waals surface area contributed by atoms with Gasteiger partial charge < -0.3 is 10.4 Å². The molecule has 0 heterocycles. The lowest BCUT2D eigenvalue weighted by atomic mass is 10.1. The Morgan fingerprint density at radius 1 is 1.00 bits per heavy atom. The maximum atomic E-state index is 11.6. The Balaban J connectivity index is 1.97. The van der Waals surface area contributed by atoms with Crippen LogP contribution in [0.4, 0.5) is 10.5 Å². The van der Waals surface area contributed by atoms with Crippen LogP contribution in [0.15, 0.2) is 59.7 Å². The van der Waals surface area contributed by atoms with Crippen LogP contribution in [0.3, 0.4) is 0 Å². The average molecular weight is 283 g/mol. The first-order valence-electron chi connectivity index (χ1n) is 6.14. The number of nitrogens with one attached hydrogen (secondary N) is 2. The maximum absolute atomic E-state index is 11.6. The molecule has 0 bridgehead atoms. The number of para-hydroxylation sites is 1. The molecule has 0 saturated heterocycles. The molecule has 0 saturated carbocycles. The van der Waals surface area contributed by atoms with Crippen LogP contribution in [0.2, 0.25) is 0 Å². The van der Waals surface area contributed by atoms with Gasteiger partial charge in [0.1, 0.15) is 0 Å². The third-order valence-corrected chi connectivity index (χ3v) is 2.59. The molecule has 2 aromatic rings. The molecule has 2 amide bonds. The number of hydrogen-bond acceptors (Lipinski definition) is 3. The summed E-state index contributed by atoms with van der Waals surface area (Å²) in [6, 6.07) is 14.8. The first kappa shape index (κ1) is 14.3. The van der Waals surface area contributed by atoms with Crippen LogP contribution in [0.1, 0.15) is 15.9 Å². The molecule has 2 rings (SSSR count). The Morgan fingerprint density at radius 3 is 2.38 bits per heavy atom. The predicted molar refractivity (Wildman–Crippen MR) is 79.6 cm³/mol. The summed E-state index contributed by atoms with van der Waals surface area (Å²) in [6.07, 6.45) is 1.29. The van der Waals surface area contributed by atoms with E-state index in [0.717, 1.165) is 0 Å². The molecule has 6 nitrogen and oxygen atoms in total. The minimum atomic E-state index is -1.05. The lowest BCUT2D eigenvalue weighted by molar-refractivity contribution is 0.0696. The summed E-state index contributed by atoms with van der Waals surface area (Å²) in [7, 11) is 0. The minimum Gasteiger partial charge on any atom is -0.478 e. The zero-order chi connectivity index (χ0) is 15.1. The number of carboxylic acids is 1. The van der Waals surface area contributed by atoms with Crippen molar-refractivity contribution in [1.82, 2.24) is 5.43 Å². The van der Waals surface area contributed by atoms with Gasteiger partial charge in [0.05, 0.1) is 11.8 Å². The quantitative estimate of drug-likeness (QED) is 0.595. The highest BCUT2D eigenvalue weighted by molar-refractivity contribution is 5.98. The molecule has 2 aromatic carbocycles. The molecule has 0 aliphatic heterocycles. The molecule has 0 fully saturated rings. The fourth-order valence-corrected chi connectivity index (χ4v) is 1.65. The Bertz CT molecular complexity index is 669. The third kappa shape index (κ3) is 4.17. The number of amides is 2. The number of benzene rings is 2. The van der Waals surface area contributed by atoms with Gasteiger partial charge in [0.2, 0.25) is 0 Å². The fourth-order valence-electron chi connectivity index (χ4n) is 1.65. The summed E-state index contributed by atoms with van der Waals surface area (Å²) in [5, 5.41) is 15.3. The number of hydrogen-bond donors (Lipinski definition) is 3. The summed E-state index contributed by atoms with van der Waals surface area (Å²) in [6.45, 7) is 0. The van der Waals surface area contributed by atoms with E-state index in [9.17, 15) is 9.59 Å². The Kier molecular flexibility index (Phi) is 4.66. The highest BCUT2D eigenvalue weighted by atomic mass is 16.4. The van der Waals surface area contributed by atoms with Crippen molar-refractivity contribution < 1.29 is 14.7 Å². The van der Waals surface area contributed by atoms with Crippen LogP contribution >= 0.6 is 0 Å². The number of anilines is 1. The minimum absolute atomic E-state index is 0.117. The van der Waals surface area contributed by atoms with Gasteiger partial charge in [-0.3, -0.25) is 0 Å². The van der Waals surface area contributed by atoms with Crippen molar-refractivity contribution in [2.24, 2.45) is 5.10 Å². The van der Waals surface area contributed by atoms with Gasteiger partial charge in [-0.1, -0.05) is 36.4 Å². The van der Waals surface area contributed by atoms with Crippen LogP contribution in [0, 0.1) is 0 Å². The summed E-state index contributed by atoms with van der Waals surface area (Å²) in [5.74, 6) is -1.05. The van der Waals surface area contributed by atoms with Crippen molar-refractivity contribution >= 4 is 23.9 Å². The van der Waals surface area contributed by atoms with Crippen molar-refractivity contribution in [3.63, 3.8) is 0 Å². The van der Waals surface area contributed by atoms with Crippen molar-refractivity contribution in [2.75, 3.05) is 5.32 Å². The molecule has 6 heteroatoms. The van der Waals surface area contributed by atoms with Crippen LogP contribution < -0.4 is 10.7 Å². The zero-order valence-electron chi connectivity index (χ0n) is 11.0. The number of hydrazone groups is 1. The first-order valence-corrected chi connectivity index (χ1v) is 6.14. The predicted octanol–water partition coefficient (Wildman–Crippen LogP) is 2.54. The molecule has 21 heavy (non-hydrogen) atoms. The molecule has 106 valence electrons. The molecule has 3 N–H and O–H groups in total. The molecule has 0 spiro atoms. The van der Waals surface area contributed by atoms with Gasteiger partial charge in [0.15, 0.2) is 0 Å². The lowest BCUT2D eigenvalue weighted by Crippen LogP contribution is -2.24. The monoisotopic (exact) mass is 283 g/mol. The van der Waals surface area contributed by atoms with E-state index in [1.54, 1.807) is 42.5 Å². The maximum Gasteiger partial charge on any atom is 0.339 e. The third-order valence-electron chi connectivity index (χ3n) is 2.59. The van der Waals surface area contributed by atoms with Gasteiger partial charge in [0, 0.05) is 11.3 Å². The summed E-state index contributed by atoms with van der Waals surface area (Å²) in [5.41, 5.74) is 3.43. The number of nitrogens with zero attached hydrogens (tertiary/aromatic N) is 1. The van der Waals surface area contributed by atoms with Crippen molar-refractivity contribution in [3.8, 4) is 0 Å². The van der Waals surface area contributed by atoms with Crippen molar-refractivity contribution in [1.29, 1.82) is 0 Å². The largest absolute Gasteiger partial charge is 0.478 e. The van der Waals surface area contributed by atoms with Gasteiger partial charge >= 0.3 is 12.0 Å². The second-order valence-electron chi connectivity index (χ2n) is 4.08. The molecular weight excluding hydrogens is 270 g/mol. The van der Waals surface area contributed by atoms with E-state index >= 15 is 0 Å². The second-order valence-corrected chi connectivity index (χ2v) is 4.08. The van der Waals surface area contributed by atoms with E-state index in [4.69, 9.17) is 5.11 Å². The Hall–Kier alpha value is -3.15. The summed E-state index contributed by atoms with van der Waals surface area (Å²) in [4.78, 5) is 22.6. The number of aromatic carboxylic acids is 1. The second kappa shape index (κ2) is 6.85. The van der Waals surface area contributed by atoms with Crippen molar-refractivity contribution in [2.45, 2.75) is 0 Å². The number of urea groups is 1. The first-order chi connectivity index (χ1) is 10.2. The topological polar surface area (TPSA) is 90.8 Å². The van der Waals surface area contributed by atoms with E-state index in [1.165, 1.54) is 12.3 Å². The molecule has 0 aromatic heterocycles. The van der Waals surface area contributed by atoms with Crippen LogP contribution in [-0.4, -0.2) is 23.3 Å². The molecular formula is C15H13N3O3. The average Bonchev–Trinajstić information content (AvgIpc) is 2.48. The van der Waals surface area contributed by atoms with Crippen LogP contribution in [0.5, 0.6) is 0 Å². The molecule has 0 aliphatic rings. The number of carbonyl (C=O) groups excluding carboxylic acids is 1. The van der Waals surface area contributed by atoms with E-state index in [1.807, 2.05) is 6.07 Å². The normalized spacial score (nSPS) is 10.3. The van der Waals surface area contributed by atoms with E-state index < -0.39 is 12.0 Å². The van der Waals surface area contributed by atoms with Gasteiger partial charge in [-0.05, 0) is 18.2 Å². The SMILES string of the molecule is O=C(N/N=C/c1ccccc1C(=O)O)Nc1ccccc1. The number of carbonyl (C=O) groups is 2. The van der Waals surface area contributed by atoms with E-state index in [-0.39, 0.29) is 5.56 Å². The van der Waals surface area contributed by atoms with Crippen LogP contribution in [0.25, 0.3) is 0 Å². The summed E-state index contributed by atoms with van der Waals surface area (Å²) < 4.78 is 0. The Morgan fingerprint density at radius 2 is 1.67 bits per heavy atom. The highest BCUT2D eigenvalue weighted by Gasteiger charge is 2.06. The summed E-state index contributed by atoms with van der Waals surface area (Å²) >= 11 is 0. The molecule has 0 atom stereocenters.